The van der Waals surface area contributed by atoms with Gasteiger partial charge in [-0.1, -0.05) is 30.1 Å². The molecule has 148 valence electrons. The fraction of sp³-hybridized carbons (Fsp3) is 0.364. The van der Waals surface area contributed by atoms with Crippen LogP contribution in [0.15, 0.2) is 35.4 Å². The Morgan fingerprint density at radius 2 is 1.96 bits per heavy atom. The number of nitrogens with zero attached hydrogens (tertiary/aromatic N) is 2. The highest BCUT2D eigenvalue weighted by molar-refractivity contribution is 6.42. The Labute approximate surface area is 176 Å². The largest absolute Gasteiger partial charge is 0.369 e. The van der Waals surface area contributed by atoms with Crippen LogP contribution < -0.4 is 10.3 Å². The van der Waals surface area contributed by atoms with E-state index in [2.05, 4.69) is 62.3 Å². The predicted octanol–water partition coefficient (Wildman–Crippen LogP) is 5.79. The standard InChI is InChI=1S/C22H25Cl2N3O/c1-13-8-20-17(14(2)11-22(3,4)27(20)5)9-16(13)12-25-26-21(28)15-6-7-18(23)19(24)10-15/h6-10,12,14H,11H2,1-5H3,(H,26,28)/b25-12-. The summed E-state index contributed by atoms with van der Waals surface area (Å²) in [5.74, 6) is 0.125. The van der Waals surface area contributed by atoms with Gasteiger partial charge in [-0.05, 0) is 80.1 Å². The van der Waals surface area contributed by atoms with Crippen LogP contribution in [0.2, 0.25) is 10.0 Å². The number of hydrogen-bond acceptors (Lipinski definition) is 3. The van der Waals surface area contributed by atoms with Gasteiger partial charge in [-0.25, -0.2) is 5.43 Å². The molecule has 0 bridgehead atoms. The second-order valence-corrected chi connectivity index (χ2v) is 8.89. The van der Waals surface area contributed by atoms with Crippen LogP contribution in [0.3, 0.4) is 0 Å². The van der Waals surface area contributed by atoms with Crippen LogP contribution in [0.4, 0.5) is 5.69 Å². The van der Waals surface area contributed by atoms with E-state index in [0.29, 0.717) is 21.5 Å². The van der Waals surface area contributed by atoms with Gasteiger partial charge in [0, 0.05) is 23.8 Å². The van der Waals surface area contributed by atoms with Crippen LogP contribution >= 0.6 is 23.2 Å². The van der Waals surface area contributed by atoms with Crippen molar-refractivity contribution < 1.29 is 4.79 Å². The number of benzene rings is 2. The molecule has 4 nitrogen and oxygen atoms in total. The number of carbonyl (C=O) groups is 1. The highest BCUT2D eigenvalue weighted by Gasteiger charge is 2.34. The molecule has 0 saturated heterocycles. The lowest BCUT2D eigenvalue weighted by Crippen LogP contribution is -2.45. The quantitative estimate of drug-likeness (QED) is 0.507. The first kappa shape index (κ1) is 20.7. The van der Waals surface area contributed by atoms with Gasteiger partial charge in [0.1, 0.15) is 0 Å². The average Bonchev–Trinajstić information content (AvgIpc) is 2.62. The molecule has 0 aliphatic carbocycles. The van der Waals surface area contributed by atoms with E-state index in [1.165, 1.54) is 17.3 Å². The van der Waals surface area contributed by atoms with E-state index < -0.39 is 0 Å². The fourth-order valence-electron chi connectivity index (χ4n) is 3.74. The second kappa shape index (κ2) is 7.76. The van der Waals surface area contributed by atoms with Crippen molar-refractivity contribution in [2.45, 2.75) is 45.6 Å². The molecule has 1 aliphatic heterocycles. The van der Waals surface area contributed by atoms with E-state index in [-0.39, 0.29) is 11.4 Å². The van der Waals surface area contributed by atoms with Gasteiger partial charge in [0.25, 0.3) is 5.91 Å². The normalized spacial score (nSPS) is 18.2. The summed E-state index contributed by atoms with van der Waals surface area (Å²) in [5.41, 5.74) is 7.77. The Balaban J connectivity index is 1.80. The summed E-state index contributed by atoms with van der Waals surface area (Å²) in [6, 6.07) is 9.11. The molecule has 0 radical (unpaired) electrons. The van der Waals surface area contributed by atoms with Gasteiger partial charge >= 0.3 is 0 Å². The van der Waals surface area contributed by atoms with Gasteiger partial charge in [0.05, 0.1) is 16.3 Å². The summed E-state index contributed by atoms with van der Waals surface area (Å²) in [5, 5.41) is 4.89. The number of aryl methyl sites for hydroxylation is 1. The number of nitrogens with one attached hydrogen (secondary N) is 1. The minimum Gasteiger partial charge on any atom is -0.369 e. The van der Waals surface area contributed by atoms with Crippen molar-refractivity contribution in [3.63, 3.8) is 0 Å². The Morgan fingerprint density at radius 1 is 1.25 bits per heavy atom. The van der Waals surface area contributed by atoms with Crippen molar-refractivity contribution in [1.29, 1.82) is 0 Å². The lowest BCUT2D eigenvalue weighted by atomic mass is 9.79. The lowest BCUT2D eigenvalue weighted by Gasteiger charge is -2.45. The first-order valence-corrected chi connectivity index (χ1v) is 10.0. The smallest absolute Gasteiger partial charge is 0.271 e. The number of rotatable bonds is 3. The van der Waals surface area contributed by atoms with Crippen LogP contribution in [0.5, 0.6) is 0 Å². The topological polar surface area (TPSA) is 44.7 Å². The highest BCUT2D eigenvalue weighted by atomic mass is 35.5. The first-order chi connectivity index (χ1) is 13.1. The second-order valence-electron chi connectivity index (χ2n) is 8.07. The maximum Gasteiger partial charge on any atom is 0.271 e. The van der Waals surface area contributed by atoms with Crippen LogP contribution in [0, 0.1) is 6.92 Å². The Morgan fingerprint density at radius 3 is 2.64 bits per heavy atom. The maximum atomic E-state index is 12.2. The van der Waals surface area contributed by atoms with E-state index in [9.17, 15) is 4.79 Å². The number of fused-ring (bicyclic) bond motifs is 1. The molecule has 1 heterocycles. The molecule has 0 saturated carbocycles. The lowest BCUT2D eigenvalue weighted by molar-refractivity contribution is 0.0955. The molecule has 0 fully saturated rings. The van der Waals surface area contributed by atoms with E-state index in [1.807, 2.05) is 0 Å². The third-order valence-electron chi connectivity index (χ3n) is 5.57. The zero-order chi connectivity index (χ0) is 20.6. The molecule has 0 spiro atoms. The van der Waals surface area contributed by atoms with Crippen molar-refractivity contribution in [2.75, 3.05) is 11.9 Å². The first-order valence-electron chi connectivity index (χ1n) is 9.27. The SMILES string of the molecule is Cc1cc2c(cc1/C=N\NC(=O)c1ccc(Cl)c(Cl)c1)C(C)CC(C)(C)N2C. The van der Waals surface area contributed by atoms with Gasteiger partial charge < -0.3 is 4.90 Å². The molecular formula is C22H25Cl2N3O. The Kier molecular flexibility index (Phi) is 5.74. The summed E-state index contributed by atoms with van der Waals surface area (Å²) in [6.07, 6.45) is 2.78. The third-order valence-corrected chi connectivity index (χ3v) is 6.31. The molecule has 1 unspecified atom stereocenters. The summed E-state index contributed by atoms with van der Waals surface area (Å²) in [6.45, 7) is 8.86. The van der Waals surface area contributed by atoms with Crippen LogP contribution in [0.1, 0.15) is 60.2 Å². The van der Waals surface area contributed by atoms with E-state index in [4.69, 9.17) is 23.2 Å². The maximum absolute atomic E-state index is 12.2. The predicted molar refractivity (Wildman–Crippen MR) is 118 cm³/mol. The molecular weight excluding hydrogens is 393 g/mol. The fourth-order valence-corrected chi connectivity index (χ4v) is 4.03. The van der Waals surface area contributed by atoms with Crippen molar-refractivity contribution in [3.05, 3.63) is 62.6 Å². The minimum absolute atomic E-state index is 0.127. The van der Waals surface area contributed by atoms with E-state index in [0.717, 1.165) is 17.5 Å². The minimum atomic E-state index is -0.333. The number of halogens is 2. The molecule has 2 aromatic rings. The monoisotopic (exact) mass is 417 g/mol. The summed E-state index contributed by atoms with van der Waals surface area (Å²) in [4.78, 5) is 14.6. The van der Waals surface area contributed by atoms with E-state index >= 15 is 0 Å². The summed E-state index contributed by atoms with van der Waals surface area (Å²) in [7, 11) is 2.15. The summed E-state index contributed by atoms with van der Waals surface area (Å²) >= 11 is 11.9. The molecule has 1 N–H and O–H groups in total. The van der Waals surface area contributed by atoms with Crippen LogP contribution in [-0.4, -0.2) is 24.7 Å². The number of carbonyl (C=O) groups excluding carboxylic acids is 1. The molecule has 1 amide bonds. The molecule has 28 heavy (non-hydrogen) atoms. The number of anilines is 1. The van der Waals surface area contributed by atoms with Crippen molar-refractivity contribution in [2.24, 2.45) is 5.10 Å². The molecule has 3 rings (SSSR count). The van der Waals surface area contributed by atoms with Gasteiger partial charge in [0.2, 0.25) is 0 Å². The van der Waals surface area contributed by atoms with Crippen molar-refractivity contribution >= 4 is 41.0 Å². The molecule has 1 aliphatic rings. The van der Waals surface area contributed by atoms with Crippen LogP contribution in [0.25, 0.3) is 0 Å². The summed E-state index contributed by atoms with van der Waals surface area (Å²) < 4.78 is 0. The number of amides is 1. The molecule has 2 aromatic carbocycles. The van der Waals surface area contributed by atoms with Crippen molar-refractivity contribution in [1.82, 2.24) is 5.43 Å². The third kappa shape index (κ3) is 4.03. The molecule has 0 aromatic heterocycles. The van der Waals surface area contributed by atoms with Gasteiger partial charge in [-0.3, -0.25) is 4.79 Å². The zero-order valence-corrected chi connectivity index (χ0v) is 18.3. The number of hydrazone groups is 1. The highest BCUT2D eigenvalue weighted by Crippen LogP contribution is 2.43. The zero-order valence-electron chi connectivity index (χ0n) is 16.8. The average molecular weight is 418 g/mol. The van der Waals surface area contributed by atoms with Crippen molar-refractivity contribution in [3.8, 4) is 0 Å². The van der Waals surface area contributed by atoms with Gasteiger partial charge in [0.15, 0.2) is 0 Å². The van der Waals surface area contributed by atoms with Crippen LogP contribution in [-0.2, 0) is 0 Å². The van der Waals surface area contributed by atoms with E-state index in [1.54, 1.807) is 18.3 Å². The van der Waals surface area contributed by atoms with Gasteiger partial charge in [-0.2, -0.15) is 5.10 Å². The molecule has 1 atom stereocenters. The Bertz CT molecular complexity index is 953. The number of hydrogen-bond donors (Lipinski definition) is 1. The van der Waals surface area contributed by atoms with Gasteiger partial charge in [-0.15, -0.1) is 0 Å². The Hall–Kier alpha value is -2.04. The molecule has 6 heteroatoms.